The Morgan fingerprint density at radius 3 is 3.00 bits per heavy atom. The van der Waals surface area contributed by atoms with Crippen molar-refractivity contribution in [2.45, 2.75) is 18.7 Å². The topological polar surface area (TPSA) is 16.1 Å². The number of pyridine rings is 1. The first-order chi connectivity index (χ1) is 7.18. The van der Waals surface area contributed by atoms with Gasteiger partial charge >= 0.3 is 0 Å². The molecule has 2 atom stereocenters. The number of alkyl halides is 1. The predicted octanol–water partition coefficient (Wildman–Crippen LogP) is 3.19. The van der Waals surface area contributed by atoms with Crippen LogP contribution in [0.2, 0.25) is 5.02 Å². The Hall–Kier alpha value is -0.470. The van der Waals surface area contributed by atoms with Gasteiger partial charge in [0.15, 0.2) is 0 Å². The van der Waals surface area contributed by atoms with Gasteiger partial charge in [-0.25, -0.2) is 4.98 Å². The van der Waals surface area contributed by atoms with Crippen molar-refractivity contribution in [3.8, 4) is 0 Å². The minimum atomic E-state index is 0.281. The maximum atomic E-state index is 6.18. The van der Waals surface area contributed by atoms with Gasteiger partial charge in [-0.2, -0.15) is 0 Å². The first-order valence-electron chi connectivity index (χ1n) is 5.18. The Kier molecular flexibility index (Phi) is 3.37. The summed E-state index contributed by atoms with van der Waals surface area (Å²) in [5.74, 6) is 1.37. The second-order valence-electron chi connectivity index (χ2n) is 4.04. The molecule has 1 fully saturated rings. The van der Waals surface area contributed by atoms with Crippen molar-refractivity contribution in [2.75, 3.05) is 18.0 Å². The van der Waals surface area contributed by atoms with E-state index in [2.05, 4.69) is 16.8 Å². The Labute approximate surface area is 100 Å². The summed E-state index contributed by atoms with van der Waals surface area (Å²) < 4.78 is 0. The molecule has 2 nitrogen and oxygen atoms in total. The second kappa shape index (κ2) is 4.58. The summed E-state index contributed by atoms with van der Waals surface area (Å²) in [6.07, 6.45) is 2.77. The van der Waals surface area contributed by atoms with E-state index in [-0.39, 0.29) is 5.38 Å². The monoisotopic (exact) mass is 244 g/mol. The van der Waals surface area contributed by atoms with Crippen LogP contribution in [-0.2, 0) is 0 Å². The van der Waals surface area contributed by atoms with E-state index in [0.29, 0.717) is 5.92 Å². The van der Waals surface area contributed by atoms with Gasteiger partial charge in [0.2, 0.25) is 0 Å². The Morgan fingerprint density at radius 1 is 1.53 bits per heavy atom. The van der Waals surface area contributed by atoms with Gasteiger partial charge in [0.05, 0.1) is 5.02 Å². The van der Waals surface area contributed by atoms with Crippen molar-refractivity contribution in [1.82, 2.24) is 4.98 Å². The Bertz CT molecular complexity index is 343. The van der Waals surface area contributed by atoms with Gasteiger partial charge in [-0.1, -0.05) is 18.5 Å². The lowest BCUT2D eigenvalue weighted by Gasteiger charge is -2.35. The van der Waals surface area contributed by atoms with Crippen LogP contribution in [-0.4, -0.2) is 23.5 Å². The van der Waals surface area contributed by atoms with Crippen molar-refractivity contribution in [1.29, 1.82) is 0 Å². The van der Waals surface area contributed by atoms with E-state index in [9.17, 15) is 0 Å². The fourth-order valence-electron chi connectivity index (χ4n) is 1.92. The molecule has 0 aliphatic carbocycles. The van der Waals surface area contributed by atoms with E-state index in [1.165, 1.54) is 0 Å². The van der Waals surface area contributed by atoms with Gasteiger partial charge in [-0.05, 0) is 24.5 Å². The average Bonchev–Trinajstić information content (AvgIpc) is 2.23. The maximum Gasteiger partial charge on any atom is 0.147 e. The van der Waals surface area contributed by atoms with Gasteiger partial charge in [0, 0.05) is 24.7 Å². The summed E-state index contributed by atoms with van der Waals surface area (Å²) in [4.78, 5) is 6.53. The molecule has 0 spiro atoms. The molecule has 0 bridgehead atoms. The van der Waals surface area contributed by atoms with Crippen LogP contribution in [0.5, 0.6) is 0 Å². The van der Waals surface area contributed by atoms with Crippen molar-refractivity contribution in [2.24, 2.45) is 5.92 Å². The largest absolute Gasteiger partial charge is 0.355 e. The van der Waals surface area contributed by atoms with E-state index in [4.69, 9.17) is 23.2 Å². The highest BCUT2D eigenvalue weighted by atomic mass is 35.5. The van der Waals surface area contributed by atoms with Gasteiger partial charge in [0.25, 0.3) is 0 Å². The number of halogens is 2. The Balaban J connectivity index is 2.15. The van der Waals surface area contributed by atoms with Crippen molar-refractivity contribution in [3.63, 3.8) is 0 Å². The van der Waals surface area contributed by atoms with Crippen LogP contribution in [0, 0.1) is 5.92 Å². The van der Waals surface area contributed by atoms with Crippen LogP contribution >= 0.6 is 23.2 Å². The zero-order valence-electron chi connectivity index (χ0n) is 8.66. The minimum absolute atomic E-state index is 0.281. The number of hydrogen-bond donors (Lipinski definition) is 0. The number of nitrogens with zero attached hydrogens (tertiary/aromatic N) is 2. The SMILES string of the molecule is CC1CN(c2ncccc2Cl)CCC1Cl. The van der Waals surface area contributed by atoms with Crippen molar-refractivity contribution < 1.29 is 0 Å². The Morgan fingerprint density at radius 2 is 2.33 bits per heavy atom. The maximum absolute atomic E-state index is 6.18. The summed E-state index contributed by atoms with van der Waals surface area (Å²) in [5.41, 5.74) is 0. The lowest BCUT2D eigenvalue weighted by Crippen LogP contribution is -2.40. The fraction of sp³-hybridized carbons (Fsp3) is 0.545. The lowest BCUT2D eigenvalue weighted by molar-refractivity contribution is 0.452. The molecule has 82 valence electrons. The highest BCUT2D eigenvalue weighted by Gasteiger charge is 2.25. The summed E-state index contributed by atoms with van der Waals surface area (Å²) in [5, 5.41) is 1.00. The lowest BCUT2D eigenvalue weighted by atomic mass is 10.00. The molecule has 2 rings (SSSR count). The average molecular weight is 245 g/mol. The summed E-state index contributed by atoms with van der Waals surface area (Å²) in [7, 11) is 0. The number of hydrogen-bond acceptors (Lipinski definition) is 2. The van der Waals surface area contributed by atoms with Crippen LogP contribution in [0.15, 0.2) is 18.3 Å². The molecule has 0 N–H and O–H groups in total. The third kappa shape index (κ3) is 2.37. The van der Waals surface area contributed by atoms with Crippen LogP contribution < -0.4 is 4.90 Å². The molecule has 2 unspecified atom stereocenters. The molecule has 1 saturated heterocycles. The van der Waals surface area contributed by atoms with Gasteiger partial charge in [0.1, 0.15) is 5.82 Å². The first kappa shape index (κ1) is 11.0. The summed E-state index contributed by atoms with van der Waals surface area (Å²) in [6, 6.07) is 3.73. The molecule has 0 saturated carbocycles. The van der Waals surface area contributed by atoms with E-state index in [0.717, 1.165) is 30.4 Å². The van der Waals surface area contributed by atoms with E-state index in [1.54, 1.807) is 6.20 Å². The highest BCUT2D eigenvalue weighted by molar-refractivity contribution is 6.32. The molecule has 1 aliphatic heterocycles. The molecular weight excluding hydrogens is 231 g/mol. The third-order valence-corrected chi connectivity index (χ3v) is 3.78. The standard InChI is InChI=1S/C11H14Cl2N2/c1-8-7-15(6-4-9(8)12)11-10(13)3-2-5-14-11/h2-3,5,8-9H,4,6-7H2,1H3. The molecule has 0 radical (unpaired) electrons. The summed E-state index contributed by atoms with van der Waals surface area (Å²) >= 11 is 12.3. The molecule has 0 amide bonds. The van der Waals surface area contributed by atoms with Crippen LogP contribution in [0.4, 0.5) is 5.82 Å². The quantitative estimate of drug-likeness (QED) is 0.706. The van der Waals surface area contributed by atoms with Crippen LogP contribution in [0.3, 0.4) is 0 Å². The molecule has 1 aromatic heterocycles. The molecular formula is C11H14Cl2N2. The third-order valence-electron chi connectivity index (χ3n) is 2.84. The van der Waals surface area contributed by atoms with Gasteiger partial charge < -0.3 is 4.90 Å². The molecule has 0 aromatic carbocycles. The number of aromatic nitrogens is 1. The van der Waals surface area contributed by atoms with Gasteiger partial charge in [-0.3, -0.25) is 0 Å². The smallest absolute Gasteiger partial charge is 0.147 e. The zero-order valence-corrected chi connectivity index (χ0v) is 10.2. The fourth-order valence-corrected chi connectivity index (χ4v) is 2.34. The predicted molar refractivity (Wildman–Crippen MR) is 64.9 cm³/mol. The zero-order chi connectivity index (χ0) is 10.8. The normalized spacial score (nSPS) is 26.7. The first-order valence-corrected chi connectivity index (χ1v) is 5.99. The van der Waals surface area contributed by atoms with E-state index < -0.39 is 0 Å². The van der Waals surface area contributed by atoms with Crippen LogP contribution in [0.25, 0.3) is 0 Å². The van der Waals surface area contributed by atoms with E-state index >= 15 is 0 Å². The molecule has 15 heavy (non-hydrogen) atoms. The molecule has 4 heteroatoms. The molecule has 2 heterocycles. The number of piperidine rings is 1. The van der Waals surface area contributed by atoms with Gasteiger partial charge in [-0.15, -0.1) is 11.6 Å². The van der Waals surface area contributed by atoms with Crippen molar-refractivity contribution in [3.05, 3.63) is 23.4 Å². The van der Waals surface area contributed by atoms with E-state index in [1.807, 2.05) is 12.1 Å². The minimum Gasteiger partial charge on any atom is -0.355 e. The molecule has 1 aromatic rings. The van der Waals surface area contributed by atoms with Crippen molar-refractivity contribution >= 4 is 29.0 Å². The number of anilines is 1. The number of rotatable bonds is 1. The highest BCUT2D eigenvalue weighted by Crippen LogP contribution is 2.29. The summed E-state index contributed by atoms with van der Waals surface area (Å²) in [6.45, 7) is 4.04. The molecule has 1 aliphatic rings. The second-order valence-corrected chi connectivity index (χ2v) is 5.00. The van der Waals surface area contributed by atoms with Crippen LogP contribution in [0.1, 0.15) is 13.3 Å².